The summed E-state index contributed by atoms with van der Waals surface area (Å²) in [6, 6.07) is 33.1. The number of carbonyl (C=O) groups is 1. The minimum Gasteiger partial charge on any atom is -0.512 e. The maximum Gasteiger partial charge on any atom is 0.155 e. The summed E-state index contributed by atoms with van der Waals surface area (Å²) in [5.41, 5.74) is 6.91. The maximum atomic E-state index is 10.0. The van der Waals surface area contributed by atoms with Crippen molar-refractivity contribution in [3.63, 3.8) is 0 Å². The van der Waals surface area contributed by atoms with E-state index in [1.807, 2.05) is 29.7 Å². The maximum absolute atomic E-state index is 10.0. The Morgan fingerprint density at radius 2 is 1.64 bits per heavy atom. The van der Waals surface area contributed by atoms with Gasteiger partial charge in [0.15, 0.2) is 5.78 Å². The normalized spacial score (nSPS) is 10.8. The number of fused-ring (bicyclic) bond motifs is 1. The second-order valence-electron chi connectivity index (χ2n) is 8.34. The van der Waals surface area contributed by atoms with Crippen LogP contribution in [0.3, 0.4) is 0 Å². The molecule has 5 heteroatoms. The van der Waals surface area contributed by atoms with Gasteiger partial charge in [0, 0.05) is 47.3 Å². The SMILES string of the molecule is CC(=O)/C=C(/C)O.Cc1ccc(-c2cc3cnc(-c4[c-]ccc(-c5ccccc5)c4)cc3s2)cc1.[Ir]. The Kier molecular flexibility index (Phi) is 9.49. The molecule has 0 fully saturated rings. The third-order valence-corrected chi connectivity index (χ3v) is 6.48. The number of carbonyl (C=O) groups excluding carboxylic acids is 1. The van der Waals surface area contributed by atoms with Crippen molar-refractivity contribution >= 4 is 27.2 Å². The number of aryl methyl sites for hydroxylation is 1. The van der Waals surface area contributed by atoms with Gasteiger partial charge in [-0.15, -0.1) is 46.7 Å². The summed E-state index contributed by atoms with van der Waals surface area (Å²) < 4.78 is 1.25. The quantitative estimate of drug-likeness (QED) is 0.119. The Balaban J connectivity index is 0.000000400. The Morgan fingerprint density at radius 1 is 0.917 bits per heavy atom. The molecule has 3 nitrogen and oxygen atoms in total. The van der Waals surface area contributed by atoms with Crippen LogP contribution in [0.4, 0.5) is 0 Å². The van der Waals surface area contributed by atoms with Crippen molar-refractivity contribution in [3.05, 3.63) is 115 Å². The number of rotatable bonds is 4. The molecule has 0 spiro atoms. The van der Waals surface area contributed by atoms with Crippen molar-refractivity contribution in [2.45, 2.75) is 20.8 Å². The fourth-order valence-corrected chi connectivity index (χ4v) is 4.74. The molecule has 1 N–H and O–H groups in total. The summed E-state index contributed by atoms with van der Waals surface area (Å²) in [5.74, 6) is -0.0625. The van der Waals surface area contributed by atoms with Crippen LogP contribution < -0.4 is 0 Å². The predicted molar refractivity (Wildman–Crippen MR) is 147 cm³/mol. The molecule has 36 heavy (non-hydrogen) atoms. The number of benzene rings is 3. The van der Waals surface area contributed by atoms with Crippen molar-refractivity contribution in [3.8, 4) is 32.8 Å². The van der Waals surface area contributed by atoms with Gasteiger partial charge in [0.25, 0.3) is 0 Å². The summed E-state index contributed by atoms with van der Waals surface area (Å²) in [6.45, 7) is 4.96. The molecule has 2 aromatic heterocycles. The number of pyridine rings is 1. The molecule has 5 aromatic rings. The van der Waals surface area contributed by atoms with Gasteiger partial charge in [0.1, 0.15) is 0 Å². The van der Waals surface area contributed by atoms with Crippen molar-refractivity contribution in [1.29, 1.82) is 0 Å². The van der Waals surface area contributed by atoms with Gasteiger partial charge in [0.05, 0.1) is 5.76 Å². The van der Waals surface area contributed by atoms with Crippen molar-refractivity contribution in [1.82, 2.24) is 4.98 Å². The van der Waals surface area contributed by atoms with E-state index in [2.05, 4.69) is 85.8 Å². The largest absolute Gasteiger partial charge is 0.512 e. The third-order valence-electron chi connectivity index (χ3n) is 5.33. The molecule has 0 saturated heterocycles. The summed E-state index contributed by atoms with van der Waals surface area (Å²) in [7, 11) is 0. The van der Waals surface area contributed by atoms with Crippen molar-refractivity contribution in [2.24, 2.45) is 0 Å². The van der Waals surface area contributed by atoms with Gasteiger partial charge in [-0.05, 0) is 43.7 Å². The molecular weight excluding hydrogens is 643 g/mol. The van der Waals surface area contributed by atoms with E-state index in [-0.39, 0.29) is 31.6 Å². The number of aromatic nitrogens is 1. The van der Waals surface area contributed by atoms with Crippen LogP contribution in [0.25, 0.3) is 42.9 Å². The molecule has 0 unspecified atom stereocenters. The van der Waals surface area contributed by atoms with E-state index >= 15 is 0 Å². The van der Waals surface area contributed by atoms with Gasteiger partial charge in [-0.1, -0.05) is 66.2 Å². The van der Waals surface area contributed by atoms with Crippen LogP contribution >= 0.6 is 11.3 Å². The van der Waals surface area contributed by atoms with Gasteiger partial charge in [-0.25, -0.2) is 0 Å². The topological polar surface area (TPSA) is 50.2 Å². The first-order valence-corrected chi connectivity index (χ1v) is 12.1. The van der Waals surface area contributed by atoms with Gasteiger partial charge < -0.3 is 10.1 Å². The van der Waals surface area contributed by atoms with Crippen LogP contribution in [0, 0.1) is 13.0 Å². The summed E-state index contributed by atoms with van der Waals surface area (Å²) in [4.78, 5) is 16.0. The monoisotopic (exact) mass is 669 g/mol. The molecule has 5 rings (SSSR count). The fourth-order valence-electron chi connectivity index (χ4n) is 3.66. The van der Waals surface area contributed by atoms with Gasteiger partial charge >= 0.3 is 0 Å². The predicted octanol–water partition coefficient (Wildman–Crippen LogP) is 8.44. The molecule has 183 valence electrons. The average molecular weight is 669 g/mol. The summed E-state index contributed by atoms with van der Waals surface area (Å²) in [6.07, 6.45) is 3.14. The van der Waals surface area contributed by atoms with E-state index in [1.165, 1.54) is 57.1 Å². The summed E-state index contributed by atoms with van der Waals surface area (Å²) >= 11 is 1.81. The molecule has 2 heterocycles. The second-order valence-corrected chi connectivity index (χ2v) is 9.42. The Morgan fingerprint density at radius 3 is 2.28 bits per heavy atom. The molecule has 0 aliphatic carbocycles. The zero-order valence-electron chi connectivity index (χ0n) is 20.3. The summed E-state index contributed by atoms with van der Waals surface area (Å²) in [5, 5.41) is 9.55. The van der Waals surface area contributed by atoms with E-state index in [9.17, 15) is 4.79 Å². The number of nitrogens with zero attached hydrogens (tertiary/aromatic N) is 1. The molecular formula is C31H26IrNO2S-. The first-order chi connectivity index (χ1) is 16.9. The van der Waals surface area contributed by atoms with Gasteiger partial charge in [0.2, 0.25) is 0 Å². The van der Waals surface area contributed by atoms with E-state index in [4.69, 9.17) is 10.1 Å². The number of ketones is 1. The molecule has 0 aliphatic rings. The van der Waals surface area contributed by atoms with Gasteiger partial charge in [-0.2, -0.15) is 0 Å². The standard InChI is InChI=1S/C26H18NS.C5H8O2.Ir/c1-18-10-12-20(13-11-18)25-15-23-17-27-24(16-26(23)28-25)22-9-5-8-21(14-22)19-6-3-2-4-7-19;1-4(6)3-5(2)7;/h2-8,10-17H,1H3;3,6H,1-2H3;/q-1;;/b;4-3-;. The Bertz CT molecular complexity index is 1480. The molecule has 3 aromatic carbocycles. The molecule has 0 saturated carbocycles. The van der Waals surface area contributed by atoms with Gasteiger partial charge in [-0.3, -0.25) is 4.79 Å². The number of aliphatic hydroxyl groups is 1. The van der Waals surface area contributed by atoms with E-state index in [0.29, 0.717) is 0 Å². The van der Waals surface area contributed by atoms with Crippen molar-refractivity contribution < 1.29 is 30.0 Å². The fraction of sp³-hybridized carbons (Fsp3) is 0.0968. The number of allylic oxidation sites excluding steroid dienone is 2. The molecule has 1 radical (unpaired) electrons. The smallest absolute Gasteiger partial charge is 0.155 e. The zero-order valence-corrected chi connectivity index (χ0v) is 23.5. The number of hydrogen-bond donors (Lipinski definition) is 1. The Labute approximate surface area is 229 Å². The average Bonchev–Trinajstić information content (AvgIpc) is 3.28. The first-order valence-electron chi connectivity index (χ1n) is 11.3. The van der Waals surface area contributed by atoms with Crippen LogP contribution in [-0.2, 0) is 24.9 Å². The van der Waals surface area contributed by atoms with Crippen LogP contribution in [0.15, 0.2) is 103 Å². The van der Waals surface area contributed by atoms with Crippen LogP contribution in [-0.4, -0.2) is 15.9 Å². The molecule has 0 atom stereocenters. The number of hydrogen-bond acceptors (Lipinski definition) is 4. The first kappa shape index (κ1) is 27.2. The van der Waals surface area contributed by atoms with E-state index < -0.39 is 0 Å². The van der Waals surface area contributed by atoms with Crippen molar-refractivity contribution in [2.75, 3.05) is 0 Å². The van der Waals surface area contributed by atoms with E-state index in [0.717, 1.165) is 11.3 Å². The number of thiophene rings is 1. The zero-order chi connectivity index (χ0) is 24.8. The molecule has 0 bridgehead atoms. The number of aliphatic hydroxyl groups excluding tert-OH is 1. The molecule has 0 aliphatic heterocycles. The van der Waals surface area contributed by atoms with E-state index in [1.54, 1.807) is 0 Å². The Hall–Kier alpha value is -3.37. The van der Waals surface area contributed by atoms with Crippen LogP contribution in [0.1, 0.15) is 19.4 Å². The minimum absolute atomic E-state index is 0. The third kappa shape index (κ3) is 7.08. The van der Waals surface area contributed by atoms with Crippen LogP contribution in [0.2, 0.25) is 0 Å². The van der Waals surface area contributed by atoms with Crippen LogP contribution in [0.5, 0.6) is 0 Å². The minimum atomic E-state index is -0.125. The molecule has 0 amide bonds. The second kappa shape index (κ2) is 12.5.